The van der Waals surface area contributed by atoms with Crippen molar-refractivity contribution in [1.29, 1.82) is 0 Å². The van der Waals surface area contributed by atoms with E-state index in [9.17, 15) is 0 Å². The molecule has 0 bridgehead atoms. The lowest BCUT2D eigenvalue weighted by molar-refractivity contribution is 0.512. The van der Waals surface area contributed by atoms with Crippen LogP contribution in [0.4, 0.5) is 5.69 Å². The molecule has 0 spiro atoms. The lowest BCUT2D eigenvalue weighted by atomic mass is 10.1. The first-order chi connectivity index (χ1) is 8.18. The van der Waals surface area contributed by atoms with E-state index in [1.165, 1.54) is 24.0 Å². The smallest absolute Gasteiger partial charge is 0.214 e. The van der Waals surface area contributed by atoms with Gasteiger partial charge in [0.25, 0.3) is 0 Å². The van der Waals surface area contributed by atoms with E-state index in [-0.39, 0.29) is 0 Å². The van der Waals surface area contributed by atoms with Crippen molar-refractivity contribution < 1.29 is 0 Å². The van der Waals surface area contributed by atoms with Gasteiger partial charge in [-0.2, -0.15) is 0 Å². The first-order valence-corrected chi connectivity index (χ1v) is 6.09. The lowest BCUT2D eigenvalue weighted by Gasteiger charge is -2.16. The largest absolute Gasteiger partial charge is 0.368 e. The van der Waals surface area contributed by atoms with Crippen LogP contribution in [0.2, 0.25) is 0 Å². The Morgan fingerprint density at radius 3 is 2.41 bits per heavy atom. The minimum Gasteiger partial charge on any atom is -0.368 e. The fourth-order valence-electron chi connectivity index (χ4n) is 2.12. The monoisotopic (exact) mass is 232 g/mol. The second-order valence-electron chi connectivity index (χ2n) is 4.54. The highest BCUT2D eigenvalue weighted by molar-refractivity contribution is 5.79. The minimum atomic E-state index is 0.588. The molecule has 1 fully saturated rings. The molecule has 1 heterocycles. The number of nitrogens with one attached hydrogen (secondary N) is 1. The summed E-state index contributed by atoms with van der Waals surface area (Å²) >= 11 is 0. The van der Waals surface area contributed by atoms with Gasteiger partial charge in [-0.15, -0.1) is 5.10 Å². The number of nitrogens with two attached hydrogens (primary N) is 1. The molecule has 0 aromatic heterocycles. The van der Waals surface area contributed by atoms with Crippen LogP contribution >= 0.6 is 0 Å². The van der Waals surface area contributed by atoms with Crippen LogP contribution in [0.3, 0.4) is 0 Å². The number of hydrazone groups is 1. The van der Waals surface area contributed by atoms with Gasteiger partial charge in [0, 0.05) is 13.1 Å². The van der Waals surface area contributed by atoms with Crippen molar-refractivity contribution in [2.45, 2.75) is 26.7 Å². The van der Waals surface area contributed by atoms with E-state index >= 15 is 0 Å². The summed E-state index contributed by atoms with van der Waals surface area (Å²) < 4.78 is 0. The first-order valence-electron chi connectivity index (χ1n) is 6.09. The molecule has 2 rings (SSSR count). The maximum Gasteiger partial charge on any atom is 0.214 e. The third-order valence-electron chi connectivity index (χ3n) is 3.19. The summed E-state index contributed by atoms with van der Waals surface area (Å²) in [5.74, 6) is 0.588. The third-order valence-corrected chi connectivity index (χ3v) is 3.19. The Morgan fingerprint density at radius 1 is 1.24 bits per heavy atom. The number of benzene rings is 1. The van der Waals surface area contributed by atoms with E-state index in [2.05, 4.69) is 41.4 Å². The zero-order valence-corrected chi connectivity index (χ0v) is 10.5. The Bertz CT molecular complexity index is 399. The standard InChI is InChI=1S/C13H20N4/c1-10-6-5-7-11(2)12(10)15-16-13(14)17-8-3-4-9-17/h5-7,15H,3-4,8-9H2,1-2H3,(H2,14,16). The number of likely N-dealkylation sites (tertiary alicyclic amines) is 1. The fourth-order valence-corrected chi connectivity index (χ4v) is 2.12. The number of hydrogen-bond acceptors (Lipinski definition) is 2. The summed E-state index contributed by atoms with van der Waals surface area (Å²) in [4.78, 5) is 2.11. The van der Waals surface area contributed by atoms with E-state index in [0.717, 1.165) is 18.8 Å². The number of anilines is 1. The molecule has 1 aliphatic rings. The van der Waals surface area contributed by atoms with Crippen molar-refractivity contribution in [3.63, 3.8) is 0 Å². The number of aryl methyl sites for hydroxylation is 2. The Kier molecular flexibility index (Phi) is 3.52. The Morgan fingerprint density at radius 2 is 1.82 bits per heavy atom. The van der Waals surface area contributed by atoms with Crippen LogP contribution in [0.5, 0.6) is 0 Å². The van der Waals surface area contributed by atoms with Crippen molar-refractivity contribution >= 4 is 11.6 Å². The van der Waals surface area contributed by atoms with Crippen LogP contribution in [-0.4, -0.2) is 23.9 Å². The number of hydrogen-bond donors (Lipinski definition) is 2. The molecule has 1 aromatic rings. The predicted octanol–water partition coefficient (Wildman–Crippen LogP) is 2.04. The van der Waals surface area contributed by atoms with E-state index in [1.807, 2.05) is 6.07 Å². The summed E-state index contributed by atoms with van der Waals surface area (Å²) in [5.41, 5.74) is 12.4. The van der Waals surface area contributed by atoms with Crippen molar-refractivity contribution in [1.82, 2.24) is 4.90 Å². The molecule has 92 valence electrons. The SMILES string of the molecule is Cc1cccc(C)c1N/N=C(\N)N1CCCC1. The van der Waals surface area contributed by atoms with Crippen LogP contribution in [0.1, 0.15) is 24.0 Å². The molecule has 0 amide bonds. The molecule has 0 aliphatic carbocycles. The lowest BCUT2D eigenvalue weighted by Crippen LogP contribution is -2.35. The Balaban J connectivity index is 2.08. The Labute approximate surface area is 102 Å². The van der Waals surface area contributed by atoms with Gasteiger partial charge in [0.2, 0.25) is 5.96 Å². The summed E-state index contributed by atoms with van der Waals surface area (Å²) in [6, 6.07) is 6.18. The van der Waals surface area contributed by atoms with Crippen LogP contribution in [-0.2, 0) is 0 Å². The first kappa shape index (κ1) is 11.8. The van der Waals surface area contributed by atoms with Gasteiger partial charge in [0.1, 0.15) is 0 Å². The molecule has 4 nitrogen and oxygen atoms in total. The van der Waals surface area contributed by atoms with E-state index in [1.54, 1.807) is 0 Å². The summed E-state index contributed by atoms with van der Waals surface area (Å²) in [5, 5.41) is 4.27. The molecule has 0 radical (unpaired) electrons. The zero-order valence-electron chi connectivity index (χ0n) is 10.5. The number of nitrogens with zero attached hydrogens (tertiary/aromatic N) is 2. The van der Waals surface area contributed by atoms with Crippen LogP contribution < -0.4 is 11.2 Å². The molecule has 3 N–H and O–H groups in total. The van der Waals surface area contributed by atoms with Crippen molar-refractivity contribution in [2.75, 3.05) is 18.5 Å². The van der Waals surface area contributed by atoms with Crippen molar-refractivity contribution in [3.05, 3.63) is 29.3 Å². The molecule has 1 aliphatic heterocycles. The van der Waals surface area contributed by atoms with Crippen LogP contribution in [0.15, 0.2) is 23.3 Å². The highest BCUT2D eigenvalue weighted by Crippen LogP contribution is 2.19. The van der Waals surface area contributed by atoms with Crippen LogP contribution in [0, 0.1) is 13.8 Å². The summed E-state index contributed by atoms with van der Waals surface area (Å²) in [6.07, 6.45) is 2.42. The molecule has 1 aromatic carbocycles. The normalized spacial score (nSPS) is 16.4. The second-order valence-corrected chi connectivity index (χ2v) is 4.54. The van der Waals surface area contributed by atoms with Gasteiger partial charge in [-0.25, -0.2) is 0 Å². The second kappa shape index (κ2) is 5.08. The number of rotatable bonds is 2. The highest BCUT2D eigenvalue weighted by atomic mass is 15.4. The molecule has 1 saturated heterocycles. The fraction of sp³-hybridized carbons (Fsp3) is 0.462. The summed E-state index contributed by atoms with van der Waals surface area (Å²) in [6.45, 7) is 6.17. The predicted molar refractivity (Wildman–Crippen MR) is 72.0 cm³/mol. The zero-order chi connectivity index (χ0) is 12.3. The van der Waals surface area contributed by atoms with Gasteiger partial charge in [-0.1, -0.05) is 18.2 Å². The molecule has 0 saturated carbocycles. The molecular formula is C13H20N4. The molecule has 17 heavy (non-hydrogen) atoms. The van der Waals surface area contributed by atoms with Crippen molar-refractivity contribution in [2.24, 2.45) is 10.8 Å². The molecule has 0 atom stereocenters. The minimum absolute atomic E-state index is 0.588. The van der Waals surface area contributed by atoms with Gasteiger partial charge in [0.05, 0.1) is 5.69 Å². The maximum atomic E-state index is 5.94. The third kappa shape index (κ3) is 2.70. The average molecular weight is 232 g/mol. The van der Waals surface area contributed by atoms with Gasteiger partial charge in [-0.05, 0) is 37.8 Å². The Hall–Kier alpha value is -1.71. The topological polar surface area (TPSA) is 53.6 Å². The van der Waals surface area contributed by atoms with E-state index in [4.69, 9.17) is 5.73 Å². The van der Waals surface area contributed by atoms with Gasteiger partial charge in [0.15, 0.2) is 0 Å². The van der Waals surface area contributed by atoms with Gasteiger partial charge >= 0.3 is 0 Å². The van der Waals surface area contributed by atoms with E-state index < -0.39 is 0 Å². The number of para-hydroxylation sites is 1. The maximum absolute atomic E-state index is 5.94. The van der Waals surface area contributed by atoms with E-state index in [0.29, 0.717) is 5.96 Å². The number of guanidine groups is 1. The molecule has 0 unspecified atom stereocenters. The molecule has 4 heteroatoms. The molecular weight excluding hydrogens is 212 g/mol. The van der Waals surface area contributed by atoms with Gasteiger partial charge < -0.3 is 10.6 Å². The van der Waals surface area contributed by atoms with Crippen molar-refractivity contribution in [3.8, 4) is 0 Å². The van der Waals surface area contributed by atoms with Gasteiger partial charge in [-0.3, -0.25) is 5.43 Å². The summed E-state index contributed by atoms with van der Waals surface area (Å²) in [7, 11) is 0. The quantitative estimate of drug-likeness (QED) is 0.466. The van der Waals surface area contributed by atoms with Crippen LogP contribution in [0.25, 0.3) is 0 Å². The highest BCUT2D eigenvalue weighted by Gasteiger charge is 2.13. The average Bonchev–Trinajstić information content (AvgIpc) is 2.81.